The van der Waals surface area contributed by atoms with E-state index >= 15 is 0 Å². The number of ether oxygens (including phenoxy) is 2. The molecule has 1 saturated carbocycles. The van der Waals surface area contributed by atoms with E-state index in [-0.39, 0.29) is 10.9 Å². The van der Waals surface area contributed by atoms with Gasteiger partial charge in [0.25, 0.3) is 0 Å². The normalized spacial score (nSPS) is 21.3. The van der Waals surface area contributed by atoms with Gasteiger partial charge >= 0.3 is 0 Å². The molecule has 1 fully saturated rings. The second-order valence-corrected chi connectivity index (χ2v) is 8.86. The summed E-state index contributed by atoms with van der Waals surface area (Å²) in [6.45, 7) is 0. The van der Waals surface area contributed by atoms with Crippen molar-refractivity contribution >= 4 is 15.7 Å². The smallest absolute Gasteiger partial charge is 0.238 e. The van der Waals surface area contributed by atoms with Crippen LogP contribution in [0, 0.1) is 0 Å². The Morgan fingerprint density at radius 2 is 1.64 bits per heavy atom. The van der Waals surface area contributed by atoms with Crippen molar-refractivity contribution in [1.82, 2.24) is 0 Å². The number of methoxy groups -OCH3 is 2. The molecule has 2 aliphatic rings. The van der Waals surface area contributed by atoms with Crippen molar-refractivity contribution in [2.45, 2.75) is 42.5 Å². The lowest BCUT2D eigenvalue weighted by molar-refractivity contribution is 0.349. The average molecular weight is 401 g/mol. The Bertz CT molecular complexity index is 1030. The van der Waals surface area contributed by atoms with Crippen molar-refractivity contribution in [3.8, 4) is 11.5 Å². The highest BCUT2D eigenvalue weighted by Gasteiger charge is 2.34. The molecule has 0 bridgehead atoms. The first-order chi connectivity index (χ1) is 13.4. The van der Waals surface area contributed by atoms with E-state index in [2.05, 4.69) is 6.07 Å². The summed E-state index contributed by atoms with van der Waals surface area (Å²) in [6.07, 6.45) is 4.53. The highest BCUT2D eigenvalue weighted by atomic mass is 32.2. The molecule has 1 heterocycles. The van der Waals surface area contributed by atoms with Crippen LogP contribution in [0.5, 0.6) is 11.5 Å². The van der Waals surface area contributed by atoms with Crippen molar-refractivity contribution < 1.29 is 17.9 Å². The van der Waals surface area contributed by atoms with Gasteiger partial charge in [-0.2, -0.15) is 0 Å². The number of sulfonamides is 1. The third kappa shape index (κ3) is 3.29. The summed E-state index contributed by atoms with van der Waals surface area (Å²) in [5, 5.41) is 5.23. The van der Waals surface area contributed by atoms with Gasteiger partial charge in [0.15, 0.2) is 11.5 Å². The molecule has 2 atom stereocenters. The Hall–Kier alpha value is -2.38. The number of hydrogen-bond acceptors (Lipinski definition) is 5. The van der Waals surface area contributed by atoms with Crippen LogP contribution in [0.25, 0.3) is 0 Å². The maximum Gasteiger partial charge on any atom is 0.238 e. The molecular formula is C21H24N2O4S. The van der Waals surface area contributed by atoms with E-state index < -0.39 is 10.0 Å². The highest BCUT2D eigenvalue weighted by Crippen LogP contribution is 2.44. The van der Waals surface area contributed by atoms with Gasteiger partial charge < -0.3 is 9.47 Å². The molecule has 0 aromatic heterocycles. The van der Waals surface area contributed by atoms with Crippen molar-refractivity contribution in [3.63, 3.8) is 0 Å². The Kier molecular flexibility index (Phi) is 4.89. The second kappa shape index (κ2) is 7.22. The number of rotatable bonds is 4. The SMILES string of the molecule is COc1cc2c(cc1OC)C1CCCCC1N=C2c1ccc(S(N)(=O)=O)cc1. The molecule has 0 amide bonds. The van der Waals surface area contributed by atoms with Crippen LogP contribution in [0.3, 0.4) is 0 Å². The van der Waals surface area contributed by atoms with E-state index in [1.165, 1.54) is 30.5 Å². The minimum atomic E-state index is -3.73. The van der Waals surface area contributed by atoms with Crippen LogP contribution in [-0.2, 0) is 10.0 Å². The van der Waals surface area contributed by atoms with E-state index in [0.717, 1.165) is 35.4 Å². The fourth-order valence-corrected chi connectivity index (χ4v) is 4.82. The van der Waals surface area contributed by atoms with E-state index in [4.69, 9.17) is 19.6 Å². The van der Waals surface area contributed by atoms with Crippen molar-refractivity contribution in [2.24, 2.45) is 10.1 Å². The molecule has 6 nitrogen and oxygen atoms in total. The number of aliphatic imine (C=N–C) groups is 1. The molecule has 2 aromatic rings. The zero-order chi connectivity index (χ0) is 19.9. The van der Waals surface area contributed by atoms with Gasteiger partial charge in [-0.3, -0.25) is 4.99 Å². The van der Waals surface area contributed by atoms with Gasteiger partial charge in [0.1, 0.15) is 0 Å². The van der Waals surface area contributed by atoms with E-state index in [9.17, 15) is 8.42 Å². The molecule has 2 aromatic carbocycles. The number of nitrogens with two attached hydrogens (primary N) is 1. The Morgan fingerprint density at radius 1 is 1.00 bits per heavy atom. The third-order valence-corrected chi connectivity index (χ3v) is 6.62. The van der Waals surface area contributed by atoms with E-state index in [0.29, 0.717) is 11.7 Å². The fourth-order valence-electron chi connectivity index (χ4n) is 4.30. The predicted molar refractivity (Wildman–Crippen MR) is 108 cm³/mol. The molecule has 2 unspecified atom stereocenters. The maximum atomic E-state index is 11.6. The first-order valence-corrected chi connectivity index (χ1v) is 10.9. The van der Waals surface area contributed by atoms with Crippen molar-refractivity contribution in [1.29, 1.82) is 0 Å². The number of benzene rings is 2. The number of primary sulfonamides is 1. The standard InChI is InChI=1S/C21H24N2O4S/c1-26-19-11-16-15-5-3-4-6-18(15)23-21(17(16)12-20(19)27-2)13-7-9-14(10-8-13)28(22,24)25/h7-12,15,18H,3-6H2,1-2H3,(H2,22,24,25). The summed E-state index contributed by atoms with van der Waals surface area (Å²) in [6, 6.07) is 10.9. The van der Waals surface area contributed by atoms with Gasteiger partial charge in [-0.1, -0.05) is 25.0 Å². The molecule has 4 rings (SSSR count). The molecule has 148 valence electrons. The summed E-state index contributed by atoms with van der Waals surface area (Å²) in [4.78, 5) is 5.17. The van der Waals surface area contributed by atoms with Gasteiger partial charge in [0, 0.05) is 17.0 Å². The zero-order valence-corrected chi connectivity index (χ0v) is 16.8. The van der Waals surface area contributed by atoms with Gasteiger partial charge in [-0.05, 0) is 42.7 Å². The lowest BCUT2D eigenvalue weighted by Crippen LogP contribution is -2.29. The van der Waals surface area contributed by atoms with Crippen LogP contribution >= 0.6 is 0 Å². The minimum Gasteiger partial charge on any atom is -0.493 e. The molecule has 7 heteroatoms. The monoisotopic (exact) mass is 400 g/mol. The molecule has 1 aliphatic heterocycles. The van der Waals surface area contributed by atoms with Crippen LogP contribution in [0.2, 0.25) is 0 Å². The van der Waals surface area contributed by atoms with E-state index in [1.54, 1.807) is 26.4 Å². The van der Waals surface area contributed by atoms with Gasteiger partial charge in [0.2, 0.25) is 10.0 Å². The maximum absolute atomic E-state index is 11.6. The van der Waals surface area contributed by atoms with Crippen LogP contribution in [0.1, 0.15) is 48.3 Å². The van der Waals surface area contributed by atoms with Gasteiger partial charge in [0.05, 0.1) is 30.9 Å². The van der Waals surface area contributed by atoms with Crippen molar-refractivity contribution in [3.05, 3.63) is 53.1 Å². The van der Waals surface area contributed by atoms with Crippen LogP contribution in [-0.4, -0.2) is 34.4 Å². The molecule has 0 radical (unpaired) electrons. The minimum absolute atomic E-state index is 0.0933. The first kappa shape index (κ1) is 19.0. The zero-order valence-electron chi connectivity index (χ0n) is 16.0. The lowest BCUT2D eigenvalue weighted by atomic mass is 9.75. The third-order valence-electron chi connectivity index (χ3n) is 5.69. The summed E-state index contributed by atoms with van der Waals surface area (Å²) in [5.74, 6) is 1.75. The average Bonchev–Trinajstić information content (AvgIpc) is 2.71. The van der Waals surface area contributed by atoms with Crippen LogP contribution < -0.4 is 14.6 Å². The van der Waals surface area contributed by atoms with Crippen LogP contribution in [0.15, 0.2) is 46.3 Å². The first-order valence-electron chi connectivity index (χ1n) is 9.39. The molecule has 0 spiro atoms. The number of nitrogens with zero attached hydrogens (tertiary/aromatic N) is 1. The lowest BCUT2D eigenvalue weighted by Gasteiger charge is -2.35. The number of fused-ring (bicyclic) bond motifs is 3. The van der Waals surface area contributed by atoms with Gasteiger partial charge in [-0.15, -0.1) is 0 Å². The van der Waals surface area contributed by atoms with Crippen LogP contribution in [0.4, 0.5) is 0 Å². The Morgan fingerprint density at radius 3 is 2.29 bits per heavy atom. The van der Waals surface area contributed by atoms with E-state index in [1.807, 2.05) is 6.07 Å². The van der Waals surface area contributed by atoms with Gasteiger partial charge in [-0.25, -0.2) is 13.6 Å². The molecular weight excluding hydrogens is 376 g/mol. The molecule has 28 heavy (non-hydrogen) atoms. The summed E-state index contributed by atoms with van der Waals surface area (Å²) >= 11 is 0. The van der Waals surface area contributed by atoms with Crippen molar-refractivity contribution in [2.75, 3.05) is 14.2 Å². The molecule has 2 N–H and O–H groups in total. The topological polar surface area (TPSA) is 91.0 Å². The molecule has 0 saturated heterocycles. The highest BCUT2D eigenvalue weighted by molar-refractivity contribution is 7.89. The predicted octanol–water partition coefficient (Wildman–Crippen LogP) is 3.23. The quantitative estimate of drug-likeness (QED) is 0.853. The molecule has 1 aliphatic carbocycles. The second-order valence-electron chi connectivity index (χ2n) is 7.30. The fraction of sp³-hybridized carbons (Fsp3) is 0.381. The Labute approximate surface area is 165 Å². The summed E-state index contributed by atoms with van der Waals surface area (Å²) in [5.41, 5.74) is 3.97. The Balaban J connectivity index is 1.86. The summed E-state index contributed by atoms with van der Waals surface area (Å²) in [7, 11) is -0.461. The summed E-state index contributed by atoms with van der Waals surface area (Å²) < 4.78 is 34.2. The largest absolute Gasteiger partial charge is 0.493 e. The number of hydrogen-bond donors (Lipinski definition) is 1.